The molecule has 1 N–H and O–H groups in total. The van der Waals surface area contributed by atoms with Crippen LogP contribution in [0.1, 0.15) is 46.1 Å². The van der Waals surface area contributed by atoms with E-state index in [1.165, 1.54) is 11.9 Å². The van der Waals surface area contributed by atoms with Crippen LogP contribution < -0.4 is 10.1 Å². The molecule has 0 unspecified atom stereocenters. The molecule has 1 amide bonds. The highest BCUT2D eigenvalue weighted by molar-refractivity contribution is 6.04. The molecule has 4 aromatic rings. The van der Waals surface area contributed by atoms with Crippen molar-refractivity contribution in [2.75, 3.05) is 11.9 Å². The normalized spacial score (nSPS) is 13.7. The van der Waals surface area contributed by atoms with E-state index < -0.39 is 6.09 Å². The predicted octanol–water partition coefficient (Wildman–Crippen LogP) is 6.79. The van der Waals surface area contributed by atoms with Gasteiger partial charge < -0.3 is 14.0 Å². The number of amides is 1. The SMILES string of the molecule is CCOc1ccc2c(-c3ccn(C)n3)c(-c3ccc(NC(=O)OC(C)C)cc3)n(C3CCC3)c2c1. The maximum atomic E-state index is 12.1. The minimum absolute atomic E-state index is 0.171. The summed E-state index contributed by atoms with van der Waals surface area (Å²) in [6, 6.07) is 16.8. The summed E-state index contributed by atoms with van der Waals surface area (Å²) in [5, 5.41) is 8.75. The average molecular weight is 473 g/mol. The van der Waals surface area contributed by atoms with E-state index >= 15 is 0 Å². The van der Waals surface area contributed by atoms with Gasteiger partial charge in [0.25, 0.3) is 0 Å². The lowest BCUT2D eigenvalue weighted by molar-refractivity contribution is 0.130. The molecule has 2 aromatic carbocycles. The minimum Gasteiger partial charge on any atom is -0.494 e. The van der Waals surface area contributed by atoms with Crippen molar-refractivity contribution in [3.8, 4) is 28.3 Å². The van der Waals surface area contributed by atoms with Gasteiger partial charge in [0.15, 0.2) is 0 Å². The van der Waals surface area contributed by atoms with Crippen LogP contribution in [0.15, 0.2) is 54.7 Å². The fraction of sp³-hybridized carbons (Fsp3) is 0.357. The van der Waals surface area contributed by atoms with Crippen molar-refractivity contribution in [3.63, 3.8) is 0 Å². The predicted molar refractivity (Wildman–Crippen MR) is 139 cm³/mol. The Labute approximate surface area is 205 Å². The van der Waals surface area contributed by atoms with Gasteiger partial charge in [0.2, 0.25) is 0 Å². The van der Waals surface area contributed by atoms with E-state index in [0.717, 1.165) is 46.5 Å². The fourth-order valence-corrected chi connectivity index (χ4v) is 4.74. The summed E-state index contributed by atoms with van der Waals surface area (Å²) in [7, 11) is 1.94. The van der Waals surface area contributed by atoms with Crippen LogP contribution in [0.4, 0.5) is 10.5 Å². The molecule has 7 nitrogen and oxygen atoms in total. The molecule has 0 bridgehead atoms. The molecule has 0 radical (unpaired) electrons. The van der Waals surface area contributed by atoms with E-state index in [0.29, 0.717) is 18.3 Å². The number of nitrogens with zero attached hydrogens (tertiary/aromatic N) is 3. The van der Waals surface area contributed by atoms with Crippen LogP contribution in [-0.2, 0) is 11.8 Å². The quantitative estimate of drug-likeness (QED) is 0.321. The van der Waals surface area contributed by atoms with E-state index in [9.17, 15) is 4.79 Å². The van der Waals surface area contributed by atoms with Gasteiger partial charge in [0, 0.05) is 42.0 Å². The largest absolute Gasteiger partial charge is 0.494 e. The molecule has 1 saturated carbocycles. The lowest BCUT2D eigenvalue weighted by Crippen LogP contribution is -2.18. The van der Waals surface area contributed by atoms with Crippen LogP contribution in [0.2, 0.25) is 0 Å². The highest BCUT2D eigenvalue weighted by Crippen LogP contribution is 2.47. The number of anilines is 1. The van der Waals surface area contributed by atoms with Crippen LogP contribution >= 0.6 is 0 Å². The monoisotopic (exact) mass is 472 g/mol. The molecule has 1 aliphatic carbocycles. The molecule has 2 aromatic heterocycles. The van der Waals surface area contributed by atoms with Gasteiger partial charge in [-0.05, 0) is 75.9 Å². The molecular weight excluding hydrogens is 440 g/mol. The first-order chi connectivity index (χ1) is 16.9. The molecule has 35 heavy (non-hydrogen) atoms. The second kappa shape index (κ2) is 9.49. The van der Waals surface area contributed by atoms with Gasteiger partial charge in [-0.2, -0.15) is 5.10 Å². The number of carbonyl (C=O) groups excluding carboxylic acids is 1. The molecule has 0 aliphatic heterocycles. The number of hydrogen-bond donors (Lipinski definition) is 1. The first kappa shape index (κ1) is 23.0. The van der Waals surface area contributed by atoms with Crippen molar-refractivity contribution in [2.45, 2.75) is 52.2 Å². The van der Waals surface area contributed by atoms with Crippen LogP contribution in [0.25, 0.3) is 33.4 Å². The number of carbonyl (C=O) groups is 1. The highest BCUT2D eigenvalue weighted by Gasteiger charge is 2.29. The maximum Gasteiger partial charge on any atom is 0.411 e. The molecular formula is C28H32N4O3. The first-order valence-corrected chi connectivity index (χ1v) is 12.3. The number of benzene rings is 2. The molecule has 1 fully saturated rings. The van der Waals surface area contributed by atoms with Gasteiger partial charge >= 0.3 is 6.09 Å². The van der Waals surface area contributed by atoms with Crippen molar-refractivity contribution >= 4 is 22.7 Å². The molecule has 5 rings (SSSR count). The van der Waals surface area contributed by atoms with Crippen LogP contribution in [0, 0.1) is 0 Å². The molecule has 0 atom stereocenters. The molecule has 182 valence electrons. The molecule has 1 aliphatic rings. The van der Waals surface area contributed by atoms with Gasteiger partial charge in [-0.1, -0.05) is 12.1 Å². The van der Waals surface area contributed by atoms with Crippen molar-refractivity contribution in [1.29, 1.82) is 0 Å². The third-order valence-electron chi connectivity index (χ3n) is 6.44. The van der Waals surface area contributed by atoms with Gasteiger partial charge in [-0.25, -0.2) is 4.79 Å². The number of aryl methyl sites for hydroxylation is 1. The van der Waals surface area contributed by atoms with E-state index in [1.54, 1.807) is 0 Å². The number of ether oxygens (including phenoxy) is 2. The summed E-state index contributed by atoms with van der Waals surface area (Å²) in [6.07, 6.45) is 4.89. The fourth-order valence-electron chi connectivity index (χ4n) is 4.74. The van der Waals surface area contributed by atoms with E-state index in [4.69, 9.17) is 14.6 Å². The summed E-state index contributed by atoms with van der Waals surface area (Å²) < 4.78 is 15.4. The zero-order valence-electron chi connectivity index (χ0n) is 20.7. The molecule has 0 saturated heterocycles. The summed E-state index contributed by atoms with van der Waals surface area (Å²) in [5.74, 6) is 0.875. The summed E-state index contributed by atoms with van der Waals surface area (Å²) >= 11 is 0. The Morgan fingerprint density at radius 1 is 1.14 bits per heavy atom. The summed E-state index contributed by atoms with van der Waals surface area (Å²) in [4.78, 5) is 12.1. The number of fused-ring (bicyclic) bond motifs is 1. The average Bonchev–Trinajstić information content (AvgIpc) is 3.34. The zero-order valence-corrected chi connectivity index (χ0v) is 20.7. The van der Waals surface area contributed by atoms with Gasteiger partial charge in [0.05, 0.1) is 29.6 Å². The second-order valence-corrected chi connectivity index (χ2v) is 9.32. The topological polar surface area (TPSA) is 70.3 Å². The number of rotatable bonds is 7. The zero-order chi connectivity index (χ0) is 24.5. The second-order valence-electron chi connectivity index (χ2n) is 9.32. The third-order valence-corrected chi connectivity index (χ3v) is 6.44. The van der Waals surface area contributed by atoms with Crippen molar-refractivity contribution in [2.24, 2.45) is 7.05 Å². The van der Waals surface area contributed by atoms with Crippen LogP contribution in [-0.4, -0.2) is 33.2 Å². The van der Waals surface area contributed by atoms with E-state index in [-0.39, 0.29) is 6.10 Å². The third kappa shape index (κ3) is 4.50. The Kier molecular flexibility index (Phi) is 6.24. The van der Waals surface area contributed by atoms with Crippen LogP contribution in [0.3, 0.4) is 0 Å². The first-order valence-electron chi connectivity index (χ1n) is 12.3. The lowest BCUT2D eigenvalue weighted by Gasteiger charge is -2.30. The van der Waals surface area contributed by atoms with Crippen molar-refractivity contribution < 1.29 is 14.3 Å². The van der Waals surface area contributed by atoms with Crippen molar-refractivity contribution in [1.82, 2.24) is 14.3 Å². The lowest BCUT2D eigenvalue weighted by atomic mass is 9.92. The Bertz CT molecular complexity index is 1350. The van der Waals surface area contributed by atoms with E-state index in [1.807, 2.05) is 56.9 Å². The molecule has 2 heterocycles. The Morgan fingerprint density at radius 2 is 1.91 bits per heavy atom. The van der Waals surface area contributed by atoms with Gasteiger partial charge in [-0.3, -0.25) is 10.00 Å². The number of hydrogen-bond acceptors (Lipinski definition) is 4. The Morgan fingerprint density at radius 3 is 2.51 bits per heavy atom. The summed E-state index contributed by atoms with van der Waals surface area (Å²) in [6.45, 7) is 6.30. The summed E-state index contributed by atoms with van der Waals surface area (Å²) in [5.41, 5.74) is 6.15. The van der Waals surface area contributed by atoms with Gasteiger partial charge in [0.1, 0.15) is 5.75 Å². The van der Waals surface area contributed by atoms with Crippen molar-refractivity contribution in [3.05, 3.63) is 54.7 Å². The maximum absolute atomic E-state index is 12.1. The standard InChI is InChI=1S/C28H32N4O3/c1-5-34-22-13-14-23-25(17-22)32(21-7-6-8-21)27(26(23)24-15-16-31(4)30-24)19-9-11-20(12-10-19)29-28(33)35-18(2)3/h9-18,21H,5-8H2,1-4H3,(H,29,33). The number of nitrogens with one attached hydrogen (secondary N) is 1. The Hall–Kier alpha value is -3.74. The number of aromatic nitrogens is 3. The van der Waals surface area contributed by atoms with E-state index in [2.05, 4.69) is 40.2 Å². The Balaban J connectivity index is 1.66. The molecule has 0 spiro atoms. The minimum atomic E-state index is -0.450. The highest BCUT2D eigenvalue weighted by atomic mass is 16.6. The van der Waals surface area contributed by atoms with Crippen LogP contribution in [0.5, 0.6) is 5.75 Å². The smallest absolute Gasteiger partial charge is 0.411 e. The molecule has 7 heteroatoms. The van der Waals surface area contributed by atoms with Gasteiger partial charge in [-0.15, -0.1) is 0 Å².